The van der Waals surface area contributed by atoms with Crippen molar-refractivity contribution in [3.63, 3.8) is 0 Å². The van der Waals surface area contributed by atoms with E-state index in [1.807, 2.05) is 0 Å². The van der Waals surface area contributed by atoms with Crippen LogP contribution in [0.25, 0.3) is 0 Å². The van der Waals surface area contributed by atoms with Crippen molar-refractivity contribution in [3.05, 3.63) is 11.8 Å². The Morgan fingerprint density at radius 3 is 2.55 bits per heavy atom. The Bertz CT molecular complexity index is 705. The number of unbranched alkanes of at least 4 members (excludes halogenated alkanes) is 1. The molecule has 0 radical (unpaired) electrons. The molecule has 2 aliphatic rings. The van der Waals surface area contributed by atoms with Crippen LogP contribution in [0.2, 0.25) is 19.1 Å². The second-order valence-corrected chi connectivity index (χ2v) is 15.4. The molecule has 2 rings (SSSR count). The third kappa shape index (κ3) is 5.58. The van der Waals surface area contributed by atoms with Gasteiger partial charge in [-0.3, -0.25) is 0 Å². The monoisotopic (exact) mass is 456 g/mol. The molecule has 1 saturated carbocycles. The normalized spacial score (nSPS) is 29.3. The topological polar surface area (TPSA) is 52.6 Å². The average Bonchev–Trinajstić information content (AvgIpc) is 2.95. The highest BCUT2D eigenvalue weighted by Gasteiger charge is 2.55. The molecule has 1 unspecified atom stereocenters. The van der Waals surface area contributed by atoms with Crippen LogP contribution in [0.15, 0.2) is 11.8 Å². The third-order valence-electron chi connectivity index (χ3n) is 6.83. The number of halogens is 3. The molecule has 0 heterocycles. The first-order chi connectivity index (χ1) is 13.2. The summed E-state index contributed by atoms with van der Waals surface area (Å²) in [5, 5.41) is 0. The lowest BCUT2D eigenvalue weighted by Gasteiger charge is -2.43. The van der Waals surface area contributed by atoms with E-state index in [9.17, 15) is 21.6 Å². The molecule has 0 aromatic carbocycles. The molecule has 0 saturated heterocycles. The summed E-state index contributed by atoms with van der Waals surface area (Å²) >= 11 is 0. The summed E-state index contributed by atoms with van der Waals surface area (Å²) < 4.78 is 72.3. The quantitative estimate of drug-likeness (QED) is 0.235. The number of allylic oxidation sites excluding steroid dienone is 2. The molecule has 9 heteroatoms. The van der Waals surface area contributed by atoms with Gasteiger partial charge in [0.15, 0.2) is 8.32 Å². The molecule has 4 nitrogen and oxygen atoms in total. The van der Waals surface area contributed by atoms with Gasteiger partial charge in [0.25, 0.3) is 0 Å². The van der Waals surface area contributed by atoms with Crippen LogP contribution < -0.4 is 0 Å². The molecule has 0 aromatic heterocycles. The first-order valence-corrected chi connectivity index (χ1v) is 15.1. The molecule has 0 aromatic rings. The van der Waals surface area contributed by atoms with Gasteiger partial charge in [0.05, 0.1) is 0 Å². The SMILES string of the molecule is CCCC[Si](C)(C)OC[C@@H](C)[C@H]1CCC2C(OS(=O)(=O)C(F)(F)F)=CCC[C@@]21C. The van der Waals surface area contributed by atoms with Gasteiger partial charge in [-0.15, -0.1) is 0 Å². The average molecular weight is 457 g/mol. The van der Waals surface area contributed by atoms with Gasteiger partial charge < -0.3 is 8.61 Å². The van der Waals surface area contributed by atoms with E-state index in [4.69, 9.17) is 4.43 Å². The Balaban J connectivity index is 2.08. The molecule has 2 aliphatic carbocycles. The van der Waals surface area contributed by atoms with Crippen molar-refractivity contribution >= 4 is 18.4 Å². The van der Waals surface area contributed by atoms with Crippen LogP contribution in [-0.2, 0) is 18.7 Å². The second-order valence-electron chi connectivity index (χ2n) is 9.52. The summed E-state index contributed by atoms with van der Waals surface area (Å²) in [5.41, 5.74) is -5.68. The standard InChI is InChI=1S/C20H35F3O4SSi/c1-6-7-13-29(4,5)26-14-15(2)16-10-11-17-18(9-8-12-19(16,17)3)27-28(24,25)20(21,22)23/h9,15-17H,6-8,10-14H2,1-5H3/t15-,16-,17?,19-/m1/s1. The van der Waals surface area contributed by atoms with E-state index in [2.05, 4.69) is 38.0 Å². The minimum absolute atomic E-state index is 0.0238. The predicted octanol–water partition coefficient (Wildman–Crippen LogP) is 6.22. The fourth-order valence-corrected chi connectivity index (χ4v) is 7.70. The van der Waals surface area contributed by atoms with Crippen LogP contribution >= 0.6 is 0 Å². The number of rotatable bonds is 9. The van der Waals surface area contributed by atoms with Gasteiger partial charge in [-0.2, -0.15) is 21.6 Å². The molecule has 0 aliphatic heterocycles. The van der Waals surface area contributed by atoms with E-state index in [1.165, 1.54) is 6.08 Å². The minimum Gasteiger partial charge on any atom is -0.417 e. The minimum atomic E-state index is -5.63. The predicted molar refractivity (Wildman–Crippen MR) is 110 cm³/mol. The van der Waals surface area contributed by atoms with E-state index in [0.29, 0.717) is 19.4 Å². The van der Waals surface area contributed by atoms with E-state index in [1.54, 1.807) is 0 Å². The lowest BCUT2D eigenvalue weighted by atomic mass is 9.64. The molecular weight excluding hydrogens is 421 g/mol. The van der Waals surface area contributed by atoms with Gasteiger partial charge in [0.2, 0.25) is 0 Å². The molecule has 0 amide bonds. The fourth-order valence-electron chi connectivity index (χ4n) is 5.11. The summed E-state index contributed by atoms with van der Waals surface area (Å²) in [7, 11) is -7.34. The van der Waals surface area contributed by atoms with Crippen LogP contribution in [0.4, 0.5) is 13.2 Å². The first-order valence-electron chi connectivity index (χ1n) is 10.6. The van der Waals surface area contributed by atoms with Crippen molar-refractivity contribution in [1.82, 2.24) is 0 Å². The van der Waals surface area contributed by atoms with Crippen molar-refractivity contribution < 1.29 is 30.2 Å². The van der Waals surface area contributed by atoms with Crippen LogP contribution in [0.3, 0.4) is 0 Å². The van der Waals surface area contributed by atoms with Crippen molar-refractivity contribution in [1.29, 1.82) is 0 Å². The van der Waals surface area contributed by atoms with Gasteiger partial charge in [0, 0.05) is 12.5 Å². The number of fused-ring (bicyclic) bond motifs is 1. The highest BCUT2D eigenvalue weighted by atomic mass is 32.2. The Morgan fingerprint density at radius 2 is 1.97 bits per heavy atom. The summed E-state index contributed by atoms with van der Waals surface area (Å²) in [5.74, 6) is 0.205. The van der Waals surface area contributed by atoms with E-state index in [-0.39, 0.29) is 28.9 Å². The summed E-state index contributed by atoms with van der Waals surface area (Å²) in [6, 6.07) is 1.12. The second kappa shape index (κ2) is 8.90. The molecule has 0 N–H and O–H groups in total. The largest absolute Gasteiger partial charge is 0.534 e. The van der Waals surface area contributed by atoms with Crippen LogP contribution in [-0.4, -0.2) is 28.9 Å². The number of hydrogen-bond acceptors (Lipinski definition) is 4. The molecule has 0 bridgehead atoms. The van der Waals surface area contributed by atoms with Gasteiger partial charge in [-0.1, -0.05) is 33.6 Å². The van der Waals surface area contributed by atoms with Crippen molar-refractivity contribution in [2.75, 3.05) is 6.61 Å². The molecule has 0 spiro atoms. The summed E-state index contributed by atoms with van der Waals surface area (Å²) in [6.07, 6.45) is 6.67. The highest BCUT2D eigenvalue weighted by Crippen LogP contribution is 2.58. The molecule has 170 valence electrons. The smallest absolute Gasteiger partial charge is 0.417 e. The van der Waals surface area contributed by atoms with Crippen LogP contribution in [0, 0.1) is 23.2 Å². The fraction of sp³-hybridized carbons (Fsp3) is 0.900. The number of alkyl halides is 3. The molecule has 29 heavy (non-hydrogen) atoms. The summed E-state index contributed by atoms with van der Waals surface area (Å²) in [6.45, 7) is 11.5. The molecule has 1 fully saturated rings. The van der Waals surface area contributed by atoms with Gasteiger partial charge in [-0.25, -0.2) is 0 Å². The van der Waals surface area contributed by atoms with Crippen molar-refractivity contribution in [2.45, 2.75) is 83.9 Å². The maximum absolute atomic E-state index is 12.8. The van der Waals surface area contributed by atoms with Crippen LogP contribution in [0.1, 0.15) is 59.3 Å². The Labute approximate surface area is 174 Å². The van der Waals surface area contributed by atoms with E-state index < -0.39 is 23.9 Å². The lowest BCUT2D eigenvalue weighted by Crippen LogP contribution is -2.39. The van der Waals surface area contributed by atoms with Gasteiger partial charge in [0.1, 0.15) is 5.76 Å². The first kappa shape index (κ1) is 24.7. The van der Waals surface area contributed by atoms with Crippen molar-refractivity contribution in [3.8, 4) is 0 Å². The molecule has 4 atom stereocenters. The van der Waals surface area contributed by atoms with E-state index >= 15 is 0 Å². The zero-order valence-corrected chi connectivity index (χ0v) is 20.0. The van der Waals surface area contributed by atoms with Crippen LogP contribution in [0.5, 0.6) is 0 Å². The summed E-state index contributed by atoms with van der Waals surface area (Å²) in [4.78, 5) is 0. The Morgan fingerprint density at radius 1 is 1.31 bits per heavy atom. The zero-order chi connectivity index (χ0) is 22.1. The molecular formula is C20H35F3O4SSi. The van der Waals surface area contributed by atoms with E-state index in [0.717, 1.165) is 31.7 Å². The lowest BCUT2D eigenvalue weighted by molar-refractivity contribution is -0.0537. The van der Waals surface area contributed by atoms with Crippen molar-refractivity contribution in [2.24, 2.45) is 23.2 Å². The maximum Gasteiger partial charge on any atom is 0.534 e. The Hall–Kier alpha value is -0.543. The van der Waals surface area contributed by atoms with Gasteiger partial charge >= 0.3 is 15.6 Å². The Kier molecular flexibility index (Phi) is 7.59. The zero-order valence-electron chi connectivity index (χ0n) is 18.1. The number of hydrogen-bond donors (Lipinski definition) is 0. The highest BCUT2D eigenvalue weighted by molar-refractivity contribution is 7.87. The maximum atomic E-state index is 12.8. The third-order valence-corrected chi connectivity index (χ3v) is 10.3. The van der Waals surface area contributed by atoms with Gasteiger partial charge in [-0.05, 0) is 68.1 Å².